The highest BCUT2D eigenvalue weighted by Gasteiger charge is 2.27. The van der Waals surface area contributed by atoms with E-state index in [1.165, 1.54) is 6.20 Å². The van der Waals surface area contributed by atoms with Gasteiger partial charge in [0, 0.05) is 51.0 Å². The molecule has 0 bridgehead atoms. The molecule has 0 unspecified atom stereocenters. The second kappa shape index (κ2) is 4.73. The third-order valence-corrected chi connectivity index (χ3v) is 3.28. The highest BCUT2D eigenvalue weighted by atomic mass is 16.1. The van der Waals surface area contributed by atoms with Gasteiger partial charge in [0.2, 0.25) is 0 Å². The summed E-state index contributed by atoms with van der Waals surface area (Å²) in [4.78, 5) is 17.5. The van der Waals surface area contributed by atoms with Crippen LogP contribution in [0.2, 0.25) is 0 Å². The minimum atomic E-state index is -0.179. The molecular formula is C12H15N5O. The average molecular weight is 245 g/mol. The van der Waals surface area contributed by atoms with Crippen LogP contribution in [0, 0.1) is 0 Å². The Bertz CT molecular complexity index is 556. The molecule has 0 aromatic carbocycles. The predicted octanol–water partition coefficient (Wildman–Crippen LogP) is -0.00330. The van der Waals surface area contributed by atoms with Crippen molar-refractivity contribution in [2.45, 2.75) is 12.6 Å². The number of hydrogen-bond acceptors (Lipinski definition) is 4. The molecular weight excluding hydrogens is 230 g/mol. The van der Waals surface area contributed by atoms with Crippen molar-refractivity contribution in [1.29, 1.82) is 0 Å². The zero-order chi connectivity index (χ0) is 12.4. The van der Waals surface area contributed by atoms with E-state index >= 15 is 0 Å². The lowest BCUT2D eigenvalue weighted by Crippen LogP contribution is -2.49. The van der Waals surface area contributed by atoms with Crippen molar-refractivity contribution in [1.82, 2.24) is 24.2 Å². The molecule has 6 heteroatoms. The maximum atomic E-state index is 11.4. The van der Waals surface area contributed by atoms with Crippen molar-refractivity contribution in [3.63, 3.8) is 0 Å². The van der Waals surface area contributed by atoms with Crippen LogP contribution in [0.1, 0.15) is 6.04 Å². The molecule has 94 valence electrons. The second-order valence-corrected chi connectivity index (χ2v) is 4.50. The van der Waals surface area contributed by atoms with Crippen molar-refractivity contribution in [3.05, 3.63) is 47.4 Å². The Kier molecular flexibility index (Phi) is 2.93. The van der Waals surface area contributed by atoms with Gasteiger partial charge in [-0.25, -0.2) is 9.78 Å². The highest BCUT2D eigenvalue weighted by molar-refractivity contribution is 4.89. The molecule has 1 fully saturated rings. The molecule has 3 rings (SSSR count). The van der Waals surface area contributed by atoms with Crippen LogP contribution in [-0.4, -0.2) is 43.9 Å². The Hall–Kier alpha value is -1.95. The number of nitrogens with zero attached hydrogens (tertiary/aromatic N) is 5. The molecule has 0 radical (unpaired) electrons. The summed E-state index contributed by atoms with van der Waals surface area (Å²) in [6.45, 7) is 3.56. The van der Waals surface area contributed by atoms with Crippen LogP contribution in [0.15, 0.2) is 41.7 Å². The van der Waals surface area contributed by atoms with E-state index in [1.54, 1.807) is 23.0 Å². The van der Waals surface area contributed by atoms with E-state index in [0.29, 0.717) is 12.6 Å². The van der Waals surface area contributed by atoms with Gasteiger partial charge in [0.15, 0.2) is 0 Å². The first-order valence-corrected chi connectivity index (χ1v) is 6.06. The SMILES string of the molecule is O=c1ncccn1CCN1CC(n2cccn2)C1. The van der Waals surface area contributed by atoms with Gasteiger partial charge in [0.1, 0.15) is 0 Å². The van der Waals surface area contributed by atoms with E-state index in [-0.39, 0.29) is 5.69 Å². The Labute approximate surface area is 104 Å². The van der Waals surface area contributed by atoms with Gasteiger partial charge in [0.05, 0.1) is 6.04 Å². The van der Waals surface area contributed by atoms with Crippen LogP contribution in [0.3, 0.4) is 0 Å². The van der Waals surface area contributed by atoms with E-state index < -0.39 is 0 Å². The maximum Gasteiger partial charge on any atom is 0.347 e. The lowest BCUT2D eigenvalue weighted by atomic mass is 10.1. The predicted molar refractivity (Wildman–Crippen MR) is 66.2 cm³/mol. The van der Waals surface area contributed by atoms with E-state index in [4.69, 9.17) is 0 Å². The van der Waals surface area contributed by atoms with Gasteiger partial charge in [-0.1, -0.05) is 0 Å². The Balaban J connectivity index is 1.50. The lowest BCUT2D eigenvalue weighted by molar-refractivity contribution is 0.0941. The van der Waals surface area contributed by atoms with Crippen molar-refractivity contribution in [3.8, 4) is 0 Å². The second-order valence-electron chi connectivity index (χ2n) is 4.50. The van der Waals surface area contributed by atoms with E-state index in [0.717, 1.165) is 19.6 Å². The van der Waals surface area contributed by atoms with Gasteiger partial charge < -0.3 is 0 Å². The van der Waals surface area contributed by atoms with E-state index in [2.05, 4.69) is 15.0 Å². The zero-order valence-electron chi connectivity index (χ0n) is 10.0. The van der Waals surface area contributed by atoms with Crippen molar-refractivity contribution < 1.29 is 0 Å². The van der Waals surface area contributed by atoms with Gasteiger partial charge >= 0.3 is 5.69 Å². The fourth-order valence-corrected chi connectivity index (χ4v) is 2.20. The highest BCUT2D eigenvalue weighted by Crippen LogP contribution is 2.19. The Morgan fingerprint density at radius 3 is 2.72 bits per heavy atom. The van der Waals surface area contributed by atoms with Gasteiger partial charge in [-0.3, -0.25) is 14.1 Å². The minimum absolute atomic E-state index is 0.179. The molecule has 0 atom stereocenters. The van der Waals surface area contributed by atoms with Crippen LogP contribution in [0.4, 0.5) is 0 Å². The molecule has 0 aliphatic carbocycles. The standard InChI is InChI=1S/C12H15N5O/c18-12-13-3-1-5-16(12)8-7-15-9-11(10-15)17-6-2-4-14-17/h1-6,11H,7-10H2. The molecule has 1 saturated heterocycles. The van der Waals surface area contributed by atoms with Crippen LogP contribution < -0.4 is 5.69 Å². The number of hydrogen-bond donors (Lipinski definition) is 0. The molecule has 2 aromatic rings. The monoisotopic (exact) mass is 245 g/mol. The van der Waals surface area contributed by atoms with Crippen molar-refractivity contribution >= 4 is 0 Å². The molecule has 0 N–H and O–H groups in total. The largest absolute Gasteiger partial charge is 0.347 e. The first-order chi connectivity index (χ1) is 8.83. The summed E-state index contributed by atoms with van der Waals surface area (Å²) in [7, 11) is 0. The Morgan fingerprint density at radius 2 is 2.00 bits per heavy atom. The maximum absolute atomic E-state index is 11.4. The van der Waals surface area contributed by atoms with E-state index in [9.17, 15) is 4.79 Å². The van der Waals surface area contributed by atoms with Crippen LogP contribution in [0.5, 0.6) is 0 Å². The molecule has 0 amide bonds. The van der Waals surface area contributed by atoms with Gasteiger partial charge in [0.25, 0.3) is 0 Å². The normalized spacial score (nSPS) is 16.7. The lowest BCUT2D eigenvalue weighted by Gasteiger charge is -2.39. The fraction of sp³-hybridized carbons (Fsp3) is 0.417. The minimum Gasteiger partial charge on any atom is -0.298 e. The average Bonchev–Trinajstić information content (AvgIpc) is 2.83. The van der Waals surface area contributed by atoms with E-state index in [1.807, 2.05) is 16.9 Å². The van der Waals surface area contributed by atoms with Crippen molar-refractivity contribution in [2.75, 3.05) is 19.6 Å². The topological polar surface area (TPSA) is 56.0 Å². The van der Waals surface area contributed by atoms with Crippen molar-refractivity contribution in [2.24, 2.45) is 0 Å². The molecule has 3 heterocycles. The molecule has 18 heavy (non-hydrogen) atoms. The van der Waals surface area contributed by atoms with Crippen LogP contribution >= 0.6 is 0 Å². The third kappa shape index (κ3) is 2.19. The number of rotatable bonds is 4. The van der Waals surface area contributed by atoms with Crippen LogP contribution in [-0.2, 0) is 6.54 Å². The summed E-state index contributed by atoms with van der Waals surface area (Å²) < 4.78 is 3.63. The molecule has 1 aliphatic heterocycles. The summed E-state index contributed by atoms with van der Waals surface area (Å²) in [5.41, 5.74) is -0.179. The molecule has 0 spiro atoms. The number of aromatic nitrogens is 4. The smallest absolute Gasteiger partial charge is 0.298 e. The molecule has 6 nitrogen and oxygen atoms in total. The van der Waals surface area contributed by atoms with Gasteiger partial charge in [-0.05, 0) is 12.1 Å². The first kappa shape index (κ1) is 11.2. The molecule has 2 aromatic heterocycles. The van der Waals surface area contributed by atoms with Crippen LogP contribution in [0.25, 0.3) is 0 Å². The summed E-state index contributed by atoms with van der Waals surface area (Å²) in [6.07, 6.45) is 7.10. The summed E-state index contributed by atoms with van der Waals surface area (Å²) in [5.74, 6) is 0. The zero-order valence-corrected chi connectivity index (χ0v) is 10.0. The quantitative estimate of drug-likeness (QED) is 0.760. The summed E-state index contributed by atoms with van der Waals surface area (Å²) in [5, 5.41) is 4.23. The fourth-order valence-electron chi connectivity index (χ4n) is 2.20. The Morgan fingerprint density at radius 1 is 1.17 bits per heavy atom. The van der Waals surface area contributed by atoms with Gasteiger partial charge in [-0.15, -0.1) is 0 Å². The van der Waals surface area contributed by atoms with Gasteiger partial charge in [-0.2, -0.15) is 5.10 Å². The summed E-state index contributed by atoms with van der Waals surface area (Å²) in [6, 6.07) is 4.20. The number of likely N-dealkylation sites (tertiary alicyclic amines) is 1. The molecule has 0 saturated carbocycles. The molecule has 1 aliphatic rings. The third-order valence-electron chi connectivity index (χ3n) is 3.28. The summed E-state index contributed by atoms with van der Waals surface area (Å²) >= 11 is 0. The first-order valence-electron chi connectivity index (χ1n) is 6.06.